The molecule has 1 rings (SSSR count). The van der Waals surface area contributed by atoms with Crippen LogP contribution in [0.3, 0.4) is 0 Å². The van der Waals surface area contributed by atoms with Gasteiger partial charge in [0.25, 0.3) is 0 Å². The zero-order valence-corrected chi connectivity index (χ0v) is 15.8. The van der Waals surface area contributed by atoms with Crippen LogP contribution in [-0.4, -0.2) is 63.7 Å². The topological polar surface area (TPSA) is 66.0 Å². The van der Waals surface area contributed by atoms with E-state index in [0.29, 0.717) is 5.96 Å². The second-order valence-corrected chi connectivity index (χ2v) is 5.95. The Hall–Kier alpha value is -2.08. The molecule has 0 unspecified atom stereocenters. The minimum atomic E-state index is -0.0142. The van der Waals surface area contributed by atoms with Gasteiger partial charge in [-0.05, 0) is 31.7 Å². The lowest BCUT2D eigenvalue weighted by atomic mass is 10.1. The summed E-state index contributed by atoms with van der Waals surface area (Å²) in [5, 5.41) is 6.56. The fourth-order valence-electron chi connectivity index (χ4n) is 2.13. The van der Waals surface area contributed by atoms with E-state index in [1.807, 2.05) is 13.0 Å². The van der Waals surface area contributed by atoms with Crippen molar-refractivity contribution in [3.8, 4) is 0 Å². The van der Waals surface area contributed by atoms with Gasteiger partial charge in [0.2, 0.25) is 5.91 Å². The summed E-state index contributed by atoms with van der Waals surface area (Å²) in [7, 11) is 3.47. The van der Waals surface area contributed by atoms with E-state index in [1.165, 1.54) is 5.56 Å². The molecule has 0 saturated carbocycles. The van der Waals surface area contributed by atoms with Gasteiger partial charge in [0.05, 0.1) is 0 Å². The van der Waals surface area contributed by atoms with Gasteiger partial charge in [0.1, 0.15) is 6.54 Å². The number of ether oxygens (including phenoxy) is 1. The van der Waals surface area contributed by atoms with Gasteiger partial charge in [-0.25, -0.2) is 4.99 Å². The number of aryl methyl sites for hydroxylation is 1. The smallest absolute Gasteiger partial charge is 0.243 e. The van der Waals surface area contributed by atoms with Gasteiger partial charge in [-0.2, -0.15) is 0 Å². The third-order valence-electron chi connectivity index (χ3n) is 3.61. The van der Waals surface area contributed by atoms with Crippen LogP contribution in [0.1, 0.15) is 25.3 Å². The summed E-state index contributed by atoms with van der Waals surface area (Å²) in [6.07, 6.45) is 2.92. The van der Waals surface area contributed by atoms with Crippen LogP contribution in [-0.2, 0) is 16.0 Å². The minimum absolute atomic E-state index is 0.0142. The summed E-state index contributed by atoms with van der Waals surface area (Å²) in [5.74, 6) is 0.666. The van der Waals surface area contributed by atoms with E-state index in [1.54, 1.807) is 19.0 Å². The van der Waals surface area contributed by atoms with Crippen molar-refractivity contribution < 1.29 is 9.53 Å². The molecule has 6 heteroatoms. The highest BCUT2D eigenvalue weighted by molar-refractivity contribution is 5.84. The molecule has 0 aromatic heterocycles. The number of nitrogens with zero attached hydrogens (tertiary/aromatic N) is 2. The van der Waals surface area contributed by atoms with Gasteiger partial charge < -0.3 is 20.3 Å². The zero-order chi connectivity index (χ0) is 18.3. The molecular weight excluding hydrogens is 316 g/mol. The number of benzene rings is 1. The number of aliphatic imine (C=N–C) groups is 1. The van der Waals surface area contributed by atoms with Crippen molar-refractivity contribution in [3.05, 3.63) is 35.9 Å². The van der Waals surface area contributed by atoms with Gasteiger partial charge in [-0.3, -0.25) is 4.79 Å². The molecule has 25 heavy (non-hydrogen) atoms. The Kier molecular flexibility index (Phi) is 11.1. The third kappa shape index (κ3) is 10.4. The van der Waals surface area contributed by atoms with Crippen LogP contribution in [0.4, 0.5) is 0 Å². The van der Waals surface area contributed by atoms with Gasteiger partial charge >= 0.3 is 0 Å². The maximum absolute atomic E-state index is 11.7. The van der Waals surface area contributed by atoms with Crippen molar-refractivity contribution in [3.63, 3.8) is 0 Å². The Labute approximate surface area is 151 Å². The SMILES string of the molecule is CCOCCCNC(=NCC(=O)N(C)C)NCCCc1ccccc1. The molecule has 0 radical (unpaired) electrons. The van der Waals surface area contributed by atoms with Crippen molar-refractivity contribution in [1.82, 2.24) is 15.5 Å². The molecule has 0 bridgehead atoms. The van der Waals surface area contributed by atoms with Gasteiger partial charge in [-0.15, -0.1) is 0 Å². The lowest BCUT2D eigenvalue weighted by Crippen LogP contribution is -2.39. The number of carbonyl (C=O) groups excluding carboxylic acids is 1. The van der Waals surface area contributed by atoms with E-state index in [9.17, 15) is 4.79 Å². The van der Waals surface area contributed by atoms with E-state index in [4.69, 9.17) is 4.74 Å². The molecule has 1 aromatic carbocycles. The molecule has 6 nitrogen and oxygen atoms in total. The van der Waals surface area contributed by atoms with E-state index in [-0.39, 0.29) is 12.5 Å². The number of guanidine groups is 1. The molecule has 0 aliphatic carbocycles. The van der Waals surface area contributed by atoms with Crippen LogP contribution in [0.25, 0.3) is 0 Å². The first kappa shape index (κ1) is 21.0. The van der Waals surface area contributed by atoms with E-state index >= 15 is 0 Å². The van der Waals surface area contributed by atoms with Crippen molar-refractivity contribution in [2.24, 2.45) is 4.99 Å². The Morgan fingerprint density at radius 1 is 1.12 bits per heavy atom. The summed E-state index contributed by atoms with van der Waals surface area (Å²) in [6.45, 7) is 5.16. The number of likely N-dealkylation sites (N-methyl/N-ethyl adjacent to an activating group) is 1. The predicted molar refractivity (Wildman–Crippen MR) is 103 cm³/mol. The van der Waals surface area contributed by atoms with Gasteiger partial charge in [-0.1, -0.05) is 30.3 Å². The number of amides is 1. The number of hydrogen-bond acceptors (Lipinski definition) is 3. The highest BCUT2D eigenvalue weighted by atomic mass is 16.5. The number of rotatable bonds is 11. The first-order valence-corrected chi connectivity index (χ1v) is 8.97. The van der Waals surface area contributed by atoms with Crippen LogP contribution in [0.5, 0.6) is 0 Å². The monoisotopic (exact) mass is 348 g/mol. The highest BCUT2D eigenvalue weighted by Gasteiger charge is 2.04. The summed E-state index contributed by atoms with van der Waals surface area (Å²) in [6, 6.07) is 10.4. The van der Waals surface area contributed by atoms with Crippen molar-refractivity contribution >= 4 is 11.9 Å². The Morgan fingerprint density at radius 3 is 2.44 bits per heavy atom. The van der Waals surface area contributed by atoms with Crippen LogP contribution in [0.15, 0.2) is 35.3 Å². The van der Waals surface area contributed by atoms with Crippen LogP contribution < -0.4 is 10.6 Å². The van der Waals surface area contributed by atoms with Gasteiger partial charge in [0.15, 0.2) is 5.96 Å². The molecule has 0 heterocycles. The third-order valence-corrected chi connectivity index (χ3v) is 3.61. The maximum Gasteiger partial charge on any atom is 0.243 e. The lowest BCUT2D eigenvalue weighted by Gasteiger charge is -2.14. The van der Waals surface area contributed by atoms with Crippen LogP contribution in [0, 0.1) is 0 Å². The molecule has 0 saturated heterocycles. The Bertz CT molecular complexity index is 503. The molecule has 0 aliphatic heterocycles. The highest BCUT2D eigenvalue weighted by Crippen LogP contribution is 2.01. The predicted octanol–water partition coefficient (Wildman–Crippen LogP) is 1.67. The average Bonchev–Trinajstić information content (AvgIpc) is 2.62. The van der Waals surface area contributed by atoms with Crippen LogP contribution >= 0.6 is 0 Å². The van der Waals surface area contributed by atoms with Crippen molar-refractivity contribution in [2.75, 3.05) is 46.9 Å². The number of hydrogen-bond donors (Lipinski definition) is 2. The van der Waals surface area contributed by atoms with Crippen molar-refractivity contribution in [1.29, 1.82) is 0 Å². The van der Waals surface area contributed by atoms with E-state index in [2.05, 4.69) is 39.9 Å². The zero-order valence-electron chi connectivity index (χ0n) is 15.8. The second kappa shape index (κ2) is 13.2. The lowest BCUT2D eigenvalue weighted by molar-refractivity contribution is -0.127. The largest absolute Gasteiger partial charge is 0.382 e. The van der Waals surface area contributed by atoms with Gasteiger partial charge in [0, 0.05) is 40.4 Å². The molecule has 0 atom stereocenters. The summed E-state index contributed by atoms with van der Waals surface area (Å²) in [5.41, 5.74) is 1.33. The minimum Gasteiger partial charge on any atom is -0.382 e. The van der Waals surface area contributed by atoms with E-state index in [0.717, 1.165) is 45.6 Å². The quantitative estimate of drug-likeness (QED) is 0.363. The summed E-state index contributed by atoms with van der Waals surface area (Å²) in [4.78, 5) is 17.6. The summed E-state index contributed by atoms with van der Waals surface area (Å²) >= 11 is 0. The fourth-order valence-corrected chi connectivity index (χ4v) is 2.13. The Morgan fingerprint density at radius 2 is 1.80 bits per heavy atom. The van der Waals surface area contributed by atoms with Crippen molar-refractivity contribution in [2.45, 2.75) is 26.2 Å². The molecule has 2 N–H and O–H groups in total. The first-order chi connectivity index (χ1) is 12.1. The maximum atomic E-state index is 11.7. The molecule has 0 fully saturated rings. The Balaban J connectivity index is 2.37. The number of nitrogens with one attached hydrogen (secondary N) is 2. The molecule has 1 aromatic rings. The average molecular weight is 348 g/mol. The normalized spacial score (nSPS) is 11.2. The number of carbonyl (C=O) groups is 1. The fraction of sp³-hybridized carbons (Fsp3) is 0.579. The standard InChI is InChI=1S/C19H32N4O2/c1-4-25-15-9-14-21-19(22-16-18(24)23(2)3)20-13-8-12-17-10-6-5-7-11-17/h5-7,10-11H,4,8-9,12-16H2,1-3H3,(H2,20,21,22). The summed E-state index contributed by atoms with van der Waals surface area (Å²) < 4.78 is 5.33. The molecule has 1 amide bonds. The second-order valence-electron chi connectivity index (χ2n) is 5.95. The molecule has 0 spiro atoms. The van der Waals surface area contributed by atoms with E-state index < -0.39 is 0 Å². The first-order valence-electron chi connectivity index (χ1n) is 8.97. The molecule has 140 valence electrons. The molecule has 0 aliphatic rings. The molecular formula is C19H32N4O2. The van der Waals surface area contributed by atoms with Crippen LogP contribution in [0.2, 0.25) is 0 Å².